The molecule has 100 valence electrons. The van der Waals surface area contributed by atoms with Crippen LogP contribution < -0.4 is 4.57 Å². The van der Waals surface area contributed by atoms with E-state index in [1.165, 1.54) is 35.2 Å². The van der Waals surface area contributed by atoms with Gasteiger partial charge in [-0.15, -0.1) is 4.57 Å². The molecule has 0 saturated carbocycles. The third-order valence-electron chi connectivity index (χ3n) is 2.88. The molecule has 1 aromatic carbocycles. The van der Waals surface area contributed by atoms with Crippen LogP contribution in [0.5, 0.6) is 0 Å². The molecular weight excluding hydrogens is 296 g/mol. The minimum Gasteiger partial charge on any atom is -0.258 e. The molecule has 0 radical (unpaired) electrons. The number of fused-ring (bicyclic) bond motifs is 1. The monoisotopic (exact) mass is 305 g/mol. The van der Waals surface area contributed by atoms with E-state index < -0.39 is 4.92 Å². The third kappa shape index (κ3) is 2.14. The van der Waals surface area contributed by atoms with Crippen LogP contribution >= 0.6 is 23.1 Å². The van der Waals surface area contributed by atoms with Crippen molar-refractivity contribution in [3.8, 4) is 0 Å². The molecule has 1 aromatic heterocycles. The summed E-state index contributed by atoms with van der Waals surface area (Å²) in [5.41, 5.74) is 1.75. The largest absolute Gasteiger partial charge is 0.433 e. The number of aryl methyl sites for hydroxylation is 1. The van der Waals surface area contributed by atoms with Crippen LogP contribution in [0.4, 0.5) is 5.69 Å². The summed E-state index contributed by atoms with van der Waals surface area (Å²) in [7, 11) is 0. The Morgan fingerprint density at radius 2 is 2.00 bits per heavy atom. The van der Waals surface area contributed by atoms with Crippen LogP contribution in [0.25, 0.3) is 6.08 Å². The molecule has 2 heterocycles. The van der Waals surface area contributed by atoms with Gasteiger partial charge in [-0.05, 0) is 23.8 Å². The Labute approximate surface area is 122 Å². The molecule has 1 aliphatic heterocycles. The lowest BCUT2D eigenvalue weighted by Gasteiger charge is -1.94. The second-order valence-corrected chi connectivity index (χ2v) is 6.39. The average Bonchev–Trinajstić information content (AvgIpc) is 2.93. The van der Waals surface area contributed by atoms with Crippen LogP contribution in [0, 0.1) is 17.0 Å². The second-order valence-electron chi connectivity index (χ2n) is 4.24. The van der Waals surface area contributed by atoms with Gasteiger partial charge in [0, 0.05) is 30.8 Å². The molecule has 0 atom stereocenters. The van der Waals surface area contributed by atoms with Crippen LogP contribution in [-0.4, -0.2) is 10.8 Å². The predicted molar refractivity (Wildman–Crippen MR) is 76.8 cm³/mol. The second kappa shape index (κ2) is 4.84. The maximum absolute atomic E-state index is 12.2. The summed E-state index contributed by atoms with van der Waals surface area (Å²) < 4.78 is 2.63. The number of benzene rings is 1. The summed E-state index contributed by atoms with van der Waals surface area (Å²) >= 11 is 2.97. The lowest BCUT2D eigenvalue weighted by molar-refractivity contribution is -0.606. The van der Waals surface area contributed by atoms with Crippen molar-refractivity contribution >= 4 is 40.8 Å². The molecule has 0 amide bonds. The molecule has 3 rings (SSSR count). The quantitative estimate of drug-likeness (QED) is 0.370. The Morgan fingerprint density at radius 3 is 2.60 bits per heavy atom. The van der Waals surface area contributed by atoms with Crippen LogP contribution in [0.15, 0.2) is 38.9 Å². The van der Waals surface area contributed by atoms with E-state index in [1.54, 1.807) is 22.8 Å². The van der Waals surface area contributed by atoms with Crippen molar-refractivity contribution in [1.82, 2.24) is 0 Å². The SMILES string of the molecule is Cc1csc2[n+]1C(=O)/C(=C/c1ccc([N+](=O)[O-])cc1)S2. The van der Waals surface area contributed by atoms with Crippen molar-refractivity contribution in [2.75, 3.05) is 0 Å². The molecule has 7 heteroatoms. The normalized spacial score (nSPS) is 15.7. The van der Waals surface area contributed by atoms with E-state index in [0.717, 1.165) is 15.6 Å². The number of thiazole rings is 1. The fraction of sp³-hybridized carbons (Fsp3) is 0.0769. The summed E-state index contributed by atoms with van der Waals surface area (Å²) in [5.74, 6) is -0.0397. The van der Waals surface area contributed by atoms with E-state index in [9.17, 15) is 14.9 Å². The fourth-order valence-corrected chi connectivity index (χ4v) is 4.08. The van der Waals surface area contributed by atoms with Gasteiger partial charge >= 0.3 is 10.2 Å². The van der Waals surface area contributed by atoms with Gasteiger partial charge < -0.3 is 0 Å². The zero-order valence-electron chi connectivity index (χ0n) is 10.4. The Hall–Kier alpha value is -1.99. The predicted octanol–water partition coefficient (Wildman–Crippen LogP) is 3.04. The van der Waals surface area contributed by atoms with Gasteiger partial charge in [0.1, 0.15) is 4.91 Å². The minimum absolute atomic E-state index is 0.0397. The van der Waals surface area contributed by atoms with Gasteiger partial charge in [0.05, 0.1) is 10.3 Å². The van der Waals surface area contributed by atoms with Crippen LogP contribution in [0.3, 0.4) is 0 Å². The minimum atomic E-state index is -0.441. The van der Waals surface area contributed by atoms with Gasteiger partial charge in [-0.1, -0.05) is 11.3 Å². The number of allylic oxidation sites excluding steroid dienone is 1. The number of thioether (sulfide) groups is 1. The molecule has 0 spiro atoms. The van der Waals surface area contributed by atoms with E-state index in [4.69, 9.17) is 0 Å². The first-order chi connectivity index (χ1) is 9.56. The topological polar surface area (TPSA) is 64.1 Å². The van der Waals surface area contributed by atoms with Crippen molar-refractivity contribution in [2.45, 2.75) is 11.3 Å². The number of hydrogen-bond donors (Lipinski definition) is 0. The van der Waals surface area contributed by atoms with E-state index in [-0.39, 0.29) is 11.6 Å². The Balaban J connectivity index is 1.91. The van der Waals surface area contributed by atoms with Crippen LogP contribution in [0.2, 0.25) is 0 Å². The number of rotatable bonds is 2. The van der Waals surface area contributed by atoms with Crippen molar-refractivity contribution in [1.29, 1.82) is 0 Å². The number of non-ortho nitro benzene ring substituents is 1. The summed E-state index contributed by atoms with van der Waals surface area (Å²) in [6.07, 6.45) is 1.76. The molecule has 5 nitrogen and oxygen atoms in total. The number of nitrogens with zero attached hydrogens (tertiary/aromatic N) is 2. The van der Waals surface area contributed by atoms with Gasteiger partial charge in [0.2, 0.25) is 0 Å². The maximum Gasteiger partial charge on any atom is 0.433 e. The molecule has 0 saturated heterocycles. The first-order valence-electron chi connectivity index (χ1n) is 5.75. The summed E-state index contributed by atoms with van der Waals surface area (Å²) in [5, 5.41) is 12.5. The van der Waals surface area contributed by atoms with Gasteiger partial charge in [0.15, 0.2) is 5.69 Å². The number of carbonyl (C=O) groups excluding carboxylic acids is 1. The molecule has 2 aromatic rings. The van der Waals surface area contributed by atoms with Crippen molar-refractivity contribution in [3.63, 3.8) is 0 Å². The standard InChI is InChI=1S/C13H9N2O3S2/c1-8-7-19-13-14(8)12(16)11(20-13)6-9-2-4-10(5-3-9)15(17)18/h2-7H,1H3/q+1/b11-6-. The van der Waals surface area contributed by atoms with E-state index in [1.807, 2.05) is 12.3 Å². The lowest BCUT2D eigenvalue weighted by atomic mass is 10.2. The fourth-order valence-electron chi connectivity index (χ4n) is 1.88. The third-order valence-corrected chi connectivity index (χ3v) is 5.13. The molecule has 0 unspecified atom stereocenters. The van der Waals surface area contributed by atoms with Crippen LogP contribution in [0.1, 0.15) is 16.1 Å². The number of aromatic nitrogens is 1. The van der Waals surface area contributed by atoms with E-state index in [2.05, 4.69) is 0 Å². The number of carbonyl (C=O) groups is 1. The summed E-state index contributed by atoms with van der Waals surface area (Å²) in [6, 6.07) is 6.15. The maximum atomic E-state index is 12.2. The molecular formula is C13H9N2O3S2+. The highest BCUT2D eigenvalue weighted by Crippen LogP contribution is 2.35. The van der Waals surface area contributed by atoms with Crippen molar-refractivity contribution in [2.24, 2.45) is 0 Å². The molecule has 20 heavy (non-hydrogen) atoms. The highest BCUT2D eigenvalue weighted by molar-refractivity contribution is 8.05. The zero-order chi connectivity index (χ0) is 14.3. The van der Waals surface area contributed by atoms with Gasteiger partial charge in [-0.3, -0.25) is 10.1 Å². The zero-order valence-corrected chi connectivity index (χ0v) is 12.0. The Kier molecular flexibility index (Phi) is 3.15. The molecule has 0 aliphatic carbocycles. The van der Waals surface area contributed by atoms with Crippen LogP contribution in [-0.2, 0) is 0 Å². The highest BCUT2D eigenvalue weighted by Gasteiger charge is 2.38. The van der Waals surface area contributed by atoms with E-state index >= 15 is 0 Å². The lowest BCUT2D eigenvalue weighted by Crippen LogP contribution is -2.41. The molecule has 1 aliphatic rings. The molecule has 0 fully saturated rings. The average molecular weight is 305 g/mol. The van der Waals surface area contributed by atoms with Crippen molar-refractivity contribution < 1.29 is 14.3 Å². The summed E-state index contributed by atoms with van der Waals surface area (Å²) in [4.78, 5) is 23.0. The number of hydrogen-bond acceptors (Lipinski definition) is 5. The number of nitro benzene ring substituents is 1. The summed E-state index contributed by atoms with van der Waals surface area (Å²) in [6.45, 7) is 1.90. The molecule has 0 N–H and O–H groups in total. The Morgan fingerprint density at radius 1 is 1.30 bits per heavy atom. The molecule has 0 bridgehead atoms. The highest BCUT2D eigenvalue weighted by atomic mass is 32.2. The van der Waals surface area contributed by atoms with E-state index in [0.29, 0.717) is 4.91 Å². The van der Waals surface area contributed by atoms with Crippen molar-refractivity contribution in [3.05, 3.63) is 55.9 Å². The Bertz CT molecular complexity index is 747. The first-order valence-corrected chi connectivity index (χ1v) is 7.45. The first kappa shape index (κ1) is 13.0. The van der Waals surface area contributed by atoms with Gasteiger partial charge in [-0.25, -0.2) is 4.79 Å². The van der Waals surface area contributed by atoms with Gasteiger partial charge in [-0.2, -0.15) is 0 Å². The van der Waals surface area contributed by atoms with Gasteiger partial charge in [0.25, 0.3) is 5.69 Å². The smallest absolute Gasteiger partial charge is 0.258 e. The number of nitro groups is 1.